The molecule has 0 amide bonds. The molecule has 0 fully saturated rings. The van der Waals surface area contributed by atoms with Crippen molar-refractivity contribution >= 4 is 11.8 Å². The van der Waals surface area contributed by atoms with Crippen LogP contribution in [-0.2, 0) is 5.75 Å². The molecule has 1 heterocycles. The van der Waals surface area contributed by atoms with E-state index in [0.717, 1.165) is 23.0 Å². The van der Waals surface area contributed by atoms with Gasteiger partial charge in [-0.25, -0.2) is 0 Å². The second-order valence-electron chi connectivity index (χ2n) is 2.93. The Morgan fingerprint density at radius 1 is 1.75 bits per heavy atom. The molecule has 0 bridgehead atoms. The van der Waals surface area contributed by atoms with Crippen molar-refractivity contribution in [3.63, 3.8) is 0 Å². The first-order valence-electron chi connectivity index (χ1n) is 3.94. The first kappa shape index (κ1) is 9.61. The van der Waals surface area contributed by atoms with Gasteiger partial charge in [-0.15, -0.1) is 0 Å². The second kappa shape index (κ2) is 4.52. The van der Waals surface area contributed by atoms with Crippen LogP contribution in [0.1, 0.15) is 18.4 Å². The summed E-state index contributed by atoms with van der Waals surface area (Å²) in [6.45, 7) is 3.92. The molecule has 1 unspecified atom stereocenters. The molecule has 0 aliphatic heterocycles. The van der Waals surface area contributed by atoms with E-state index in [0.29, 0.717) is 0 Å². The van der Waals surface area contributed by atoms with Crippen LogP contribution < -0.4 is 5.73 Å². The third-order valence-electron chi connectivity index (χ3n) is 1.30. The monoisotopic (exact) mass is 186 g/mol. The van der Waals surface area contributed by atoms with Crippen LogP contribution in [0.2, 0.25) is 0 Å². The summed E-state index contributed by atoms with van der Waals surface area (Å²) < 4.78 is 5.03. The van der Waals surface area contributed by atoms with E-state index in [-0.39, 0.29) is 6.04 Å². The maximum atomic E-state index is 5.59. The third-order valence-corrected chi connectivity index (χ3v) is 2.55. The van der Waals surface area contributed by atoms with Crippen molar-refractivity contribution in [1.82, 2.24) is 5.16 Å². The fourth-order valence-corrected chi connectivity index (χ4v) is 1.66. The van der Waals surface area contributed by atoms with Crippen LogP contribution in [-0.4, -0.2) is 17.0 Å². The van der Waals surface area contributed by atoms with Gasteiger partial charge in [-0.05, 0) is 13.8 Å². The Kier molecular flexibility index (Phi) is 3.62. The van der Waals surface area contributed by atoms with E-state index in [1.807, 2.05) is 19.9 Å². The van der Waals surface area contributed by atoms with Crippen molar-refractivity contribution < 1.29 is 4.52 Å². The highest BCUT2D eigenvalue weighted by atomic mass is 32.2. The number of hydrogen-bond acceptors (Lipinski definition) is 4. The predicted octanol–water partition coefficient (Wildman–Crippen LogP) is 1.56. The molecule has 1 aromatic heterocycles. The highest BCUT2D eigenvalue weighted by Crippen LogP contribution is 2.13. The molecule has 0 aliphatic rings. The molecule has 0 saturated heterocycles. The Hall–Kier alpha value is -0.480. The Balaban J connectivity index is 2.24. The molecule has 2 N–H and O–H groups in total. The van der Waals surface area contributed by atoms with Crippen molar-refractivity contribution in [3.8, 4) is 0 Å². The molecule has 0 spiro atoms. The van der Waals surface area contributed by atoms with Crippen molar-refractivity contribution in [1.29, 1.82) is 0 Å². The van der Waals surface area contributed by atoms with Crippen molar-refractivity contribution in [2.75, 3.05) is 5.75 Å². The largest absolute Gasteiger partial charge is 0.360 e. The number of nitrogens with zero attached hydrogens (tertiary/aromatic N) is 1. The molecule has 0 aliphatic carbocycles. The molecule has 0 aromatic carbocycles. The zero-order chi connectivity index (χ0) is 8.97. The summed E-state index contributed by atoms with van der Waals surface area (Å²) in [7, 11) is 0. The summed E-state index contributed by atoms with van der Waals surface area (Å²) in [6, 6.07) is 2.20. The number of hydrogen-bond donors (Lipinski definition) is 1. The van der Waals surface area contributed by atoms with Gasteiger partial charge in [0, 0.05) is 17.9 Å². The topological polar surface area (TPSA) is 52.0 Å². The number of rotatable bonds is 4. The summed E-state index contributed by atoms with van der Waals surface area (Å²) in [5.74, 6) is 2.75. The maximum Gasteiger partial charge on any atom is 0.146 e. The summed E-state index contributed by atoms with van der Waals surface area (Å²) in [5, 5.41) is 3.79. The normalized spacial score (nSPS) is 13.2. The van der Waals surface area contributed by atoms with E-state index < -0.39 is 0 Å². The van der Waals surface area contributed by atoms with Crippen LogP contribution >= 0.6 is 11.8 Å². The van der Waals surface area contributed by atoms with Crippen molar-refractivity contribution in [2.45, 2.75) is 25.6 Å². The van der Waals surface area contributed by atoms with Gasteiger partial charge in [-0.1, -0.05) is 5.16 Å². The molecule has 12 heavy (non-hydrogen) atoms. The second-order valence-corrected chi connectivity index (χ2v) is 3.96. The van der Waals surface area contributed by atoms with Crippen LogP contribution in [0.3, 0.4) is 0 Å². The Morgan fingerprint density at radius 3 is 3.00 bits per heavy atom. The number of aryl methyl sites for hydroxylation is 1. The summed E-state index contributed by atoms with van der Waals surface area (Å²) in [6.07, 6.45) is 0. The molecule has 0 radical (unpaired) electrons. The van der Waals surface area contributed by atoms with Crippen molar-refractivity contribution in [2.24, 2.45) is 5.73 Å². The highest BCUT2D eigenvalue weighted by Gasteiger charge is 2.01. The van der Waals surface area contributed by atoms with E-state index in [4.69, 9.17) is 10.3 Å². The lowest BCUT2D eigenvalue weighted by Crippen LogP contribution is -2.17. The van der Waals surface area contributed by atoms with E-state index >= 15 is 0 Å². The fraction of sp³-hybridized carbons (Fsp3) is 0.625. The lowest BCUT2D eigenvalue weighted by molar-refractivity contribution is 0.391. The predicted molar refractivity (Wildman–Crippen MR) is 51.1 cm³/mol. The SMILES string of the molecule is Cc1cc(CSCC(C)N)on1. The van der Waals surface area contributed by atoms with Gasteiger partial charge in [0.15, 0.2) is 0 Å². The quantitative estimate of drug-likeness (QED) is 0.775. The number of aromatic nitrogens is 1. The maximum absolute atomic E-state index is 5.59. The van der Waals surface area contributed by atoms with Crippen LogP contribution in [0, 0.1) is 6.92 Å². The van der Waals surface area contributed by atoms with Gasteiger partial charge in [-0.3, -0.25) is 0 Å². The standard InChI is InChI=1S/C8H14N2OS/c1-6(9)4-12-5-8-3-7(2)10-11-8/h3,6H,4-5,9H2,1-2H3. The van der Waals surface area contributed by atoms with E-state index in [1.54, 1.807) is 11.8 Å². The Bertz CT molecular complexity index is 235. The lowest BCUT2D eigenvalue weighted by Gasteiger charge is -2.01. The van der Waals surface area contributed by atoms with Gasteiger partial charge in [0.1, 0.15) is 5.76 Å². The Morgan fingerprint density at radius 2 is 2.50 bits per heavy atom. The molecule has 3 nitrogen and oxygen atoms in total. The third kappa shape index (κ3) is 3.28. The lowest BCUT2D eigenvalue weighted by atomic mass is 10.4. The zero-order valence-corrected chi connectivity index (χ0v) is 8.23. The van der Waals surface area contributed by atoms with Crippen LogP contribution in [0.5, 0.6) is 0 Å². The minimum atomic E-state index is 0.249. The van der Waals surface area contributed by atoms with E-state index in [2.05, 4.69) is 5.16 Å². The average molecular weight is 186 g/mol. The molecule has 4 heteroatoms. The number of nitrogens with two attached hydrogens (primary N) is 1. The molecular weight excluding hydrogens is 172 g/mol. The van der Waals surface area contributed by atoms with Crippen LogP contribution in [0.15, 0.2) is 10.6 Å². The smallest absolute Gasteiger partial charge is 0.146 e. The first-order chi connectivity index (χ1) is 5.68. The summed E-state index contributed by atoms with van der Waals surface area (Å²) >= 11 is 1.77. The highest BCUT2D eigenvalue weighted by molar-refractivity contribution is 7.98. The minimum Gasteiger partial charge on any atom is -0.360 e. The number of thioether (sulfide) groups is 1. The van der Waals surface area contributed by atoms with Gasteiger partial charge >= 0.3 is 0 Å². The van der Waals surface area contributed by atoms with Gasteiger partial charge in [0.2, 0.25) is 0 Å². The molecular formula is C8H14N2OS. The van der Waals surface area contributed by atoms with Crippen LogP contribution in [0.25, 0.3) is 0 Å². The Labute approximate surface area is 76.7 Å². The van der Waals surface area contributed by atoms with E-state index in [9.17, 15) is 0 Å². The minimum absolute atomic E-state index is 0.249. The molecule has 68 valence electrons. The van der Waals surface area contributed by atoms with Gasteiger partial charge in [0.05, 0.1) is 11.4 Å². The molecule has 0 saturated carbocycles. The molecule has 1 rings (SSSR count). The average Bonchev–Trinajstić information content (AvgIpc) is 2.35. The summed E-state index contributed by atoms with van der Waals surface area (Å²) in [4.78, 5) is 0. The zero-order valence-electron chi connectivity index (χ0n) is 7.41. The van der Waals surface area contributed by atoms with Gasteiger partial charge in [0.25, 0.3) is 0 Å². The molecule has 1 aromatic rings. The fourth-order valence-electron chi connectivity index (χ4n) is 0.830. The van der Waals surface area contributed by atoms with E-state index in [1.165, 1.54) is 0 Å². The van der Waals surface area contributed by atoms with Gasteiger partial charge in [-0.2, -0.15) is 11.8 Å². The van der Waals surface area contributed by atoms with Gasteiger partial charge < -0.3 is 10.3 Å². The first-order valence-corrected chi connectivity index (χ1v) is 5.09. The van der Waals surface area contributed by atoms with Crippen LogP contribution in [0.4, 0.5) is 0 Å². The van der Waals surface area contributed by atoms with Crippen molar-refractivity contribution in [3.05, 3.63) is 17.5 Å². The molecule has 1 atom stereocenters. The summed E-state index contributed by atoms with van der Waals surface area (Å²) in [5.41, 5.74) is 6.53.